The zero-order chi connectivity index (χ0) is 18.0. The van der Waals surface area contributed by atoms with E-state index >= 15 is 0 Å². The first-order valence-electron chi connectivity index (χ1n) is 7.71. The fraction of sp³-hybridized carbons (Fsp3) is 0.375. The Kier molecular flexibility index (Phi) is 4.87. The second-order valence-electron chi connectivity index (χ2n) is 5.70. The summed E-state index contributed by atoms with van der Waals surface area (Å²) in [7, 11) is -2.54. The molecule has 7 nitrogen and oxygen atoms in total. The van der Waals surface area contributed by atoms with Crippen LogP contribution in [0.15, 0.2) is 35.2 Å². The van der Waals surface area contributed by atoms with Crippen LogP contribution in [0.4, 0.5) is 4.39 Å². The average Bonchev–Trinajstić information content (AvgIpc) is 3.06. The fourth-order valence-corrected chi connectivity index (χ4v) is 4.28. The van der Waals surface area contributed by atoms with Gasteiger partial charge in [0.25, 0.3) is 0 Å². The van der Waals surface area contributed by atoms with Crippen LogP contribution in [-0.4, -0.2) is 49.2 Å². The number of hydrogen-bond acceptors (Lipinski definition) is 6. The monoisotopic (exact) mass is 367 g/mol. The number of rotatable bonds is 5. The van der Waals surface area contributed by atoms with Gasteiger partial charge in [-0.05, 0) is 37.6 Å². The van der Waals surface area contributed by atoms with E-state index in [2.05, 4.69) is 10.2 Å². The van der Waals surface area contributed by atoms with Crippen LogP contribution >= 0.6 is 0 Å². The Hall–Kier alpha value is -2.26. The van der Waals surface area contributed by atoms with E-state index in [1.807, 2.05) is 6.92 Å². The second kappa shape index (κ2) is 6.93. The molecular formula is C16H18FN3O4S. The van der Waals surface area contributed by atoms with Gasteiger partial charge in [-0.15, -0.1) is 5.10 Å². The number of nitrogens with zero attached hydrogens (tertiary/aromatic N) is 3. The smallest absolute Gasteiger partial charge is 0.246 e. The van der Waals surface area contributed by atoms with Gasteiger partial charge >= 0.3 is 0 Å². The van der Waals surface area contributed by atoms with E-state index < -0.39 is 15.8 Å². The average molecular weight is 367 g/mol. The van der Waals surface area contributed by atoms with Crippen molar-refractivity contribution in [3.05, 3.63) is 41.8 Å². The zero-order valence-corrected chi connectivity index (χ0v) is 14.7. The summed E-state index contributed by atoms with van der Waals surface area (Å²) in [5, 5.41) is 7.82. The number of aryl methyl sites for hydroxylation is 1. The maximum absolute atomic E-state index is 13.5. The molecule has 1 aliphatic rings. The first-order valence-corrected chi connectivity index (χ1v) is 9.15. The Morgan fingerprint density at radius 2 is 2.04 bits per heavy atom. The van der Waals surface area contributed by atoms with Gasteiger partial charge < -0.3 is 9.47 Å². The van der Waals surface area contributed by atoms with E-state index in [4.69, 9.17) is 9.47 Å². The minimum atomic E-state index is -3.88. The van der Waals surface area contributed by atoms with E-state index in [1.165, 1.54) is 17.5 Å². The van der Waals surface area contributed by atoms with E-state index in [0.717, 1.165) is 17.8 Å². The lowest BCUT2D eigenvalue weighted by atomic mass is 10.3. The summed E-state index contributed by atoms with van der Waals surface area (Å²) >= 11 is 0. The first-order chi connectivity index (χ1) is 11.9. The molecular weight excluding hydrogens is 349 g/mol. The highest BCUT2D eigenvalue weighted by Gasteiger charge is 2.35. The molecule has 0 radical (unpaired) electrons. The SMILES string of the molecule is COc1ccc(F)cc1S(=O)(=O)N1CCC(Oc2ccc(C)nn2)C1. The standard InChI is InChI=1S/C16H18FN3O4S/c1-11-3-6-16(19-18-11)24-13-7-8-20(10-13)25(21,22)15-9-12(17)4-5-14(15)23-2/h3-6,9,13H,7-8,10H2,1-2H3. The second-order valence-corrected chi connectivity index (χ2v) is 7.61. The maximum atomic E-state index is 13.5. The lowest BCUT2D eigenvalue weighted by molar-refractivity contribution is 0.204. The first kappa shape index (κ1) is 17.6. The van der Waals surface area contributed by atoms with Crippen molar-refractivity contribution >= 4 is 10.0 Å². The highest BCUT2D eigenvalue weighted by molar-refractivity contribution is 7.89. The van der Waals surface area contributed by atoms with Gasteiger partial charge in [0.05, 0.1) is 19.3 Å². The molecule has 1 atom stereocenters. The Morgan fingerprint density at radius 3 is 2.72 bits per heavy atom. The van der Waals surface area contributed by atoms with Crippen molar-refractivity contribution in [2.75, 3.05) is 20.2 Å². The normalized spacial score (nSPS) is 18.3. The maximum Gasteiger partial charge on any atom is 0.246 e. The predicted molar refractivity (Wildman–Crippen MR) is 87.5 cm³/mol. The van der Waals surface area contributed by atoms with Crippen LogP contribution in [0.1, 0.15) is 12.1 Å². The van der Waals surface area contributed by atoms with Gasteiger partial charge in [-0.3, -0.25) is 0 Å². The van der Waals surface area contributed by atoms with E-state index in [1.54, 1.807) is 12.1 Å². The van der Waals surface area contributed by atoms with Gasteiger partial charge in [0.15, 0.2) is 0 Å². The topological polar surface area (TPSA) is 81.6 Å². The highest BCUT2D eigenvalue weighted by atomic mass is 32.2. The largest absolute Gasteiger partial charge is 0.495 e. The molecule has 0 aliphatic carbocycles. The van der Waals surface area contributed by atoms with E-state index in [9.17, 15) is 12.8 Å². The van der Waals surface area contributed by atoms with Crippen molar-refractivity contribution in [1.29, 1.82) is 0 Å². The molecule has 0 saturated carbocycles. The highest BCUT2D eigenvalue weighted by Crippen LogP contribution is 2.30. The minimum Gasteiger partial charge on any atom is -0.495 e. The minimum absolute atomic E-state index is 0.107. The van der Waals surface area contributed by atoms with Gasteiger partial charge in [-0.2, -0.15) is 9.40 Å². The van der Waals surface area contributed by atoms with Crippen molar-refractivity contribution in [2.24, 2.45) is 0 Å². The molecule has 1 aliphatic heterocycles. The van der Waals surface area contributed by atoms with Crippen LogP contribution in [-0.2, 0) is 10.0 Å². The number of benzene rings is 1. The van der Waals surface area contributed by atoms with Gasteiger partial charge in [0, 0.05) is 12.6 Å². The van der Waals surface area contributed by atoms with Crippen molar-refractivity contribution in [3.63, 3.8) is 0 Å². The van der Waals surface area contributed by atoms with Crippen LogP contribution in [0.25, 0.3) is 0 Å². The summed E-state index contributed by atoms with van der Waals surface area (Å²) in [5.41, 5.74) is 0.765. The van der Waals surface area contributed by atoms with Crippen LogP contribution < -0.4 is 9.47 Å². The molecule has 2 aromatic rings. The zero-order valence-electron chi connectivity index (χ0n) is 13.8. The molecule has 0 spiro atoms. The summed E-state index contributed by atoms with van der Waals surface area (Å²) in [6, 6.07) is 6.88. The van der Waals surface area contributed by atoms with Crippen molar-refractivity contribution < 1.29 is 22.3 Å². The molecule has 0 amide bonds. The molecule has 1 unspecified atom stereocenters. The number of methoxy groups -OCH3 is 1. The van der Waals surface area contributed by atoms with Gasteiger partial charge in [0.2, 0.25) is 15.9 Å². The van der Waals surface area contributed by atoms with Crippen molar-refractivity contribution in [1.82, 2.24) is 14.5 Å². The predicted octanol–water partition coefficient (Wildman–Crippen LogP) is 1.77. The van der Waals surface area contributed by atoms with Crippen molar-refractivity contribution in [2.45, 2.75) is 24.3 Å². The van der Waals surface area contributed by atoms with Gasteiger partial charge in [0.1, 0.15) is 22.6 Å². The molecule has 9 heteroatoms. The Bertz CT molecular complexity index is 858. The van der Waals surface area contributed by atoms with Crippen LogP contribution in [0, 0.1) is 12.7 Å². The lowest BCUT2D eigenvalue weighted by Gasteiger charge is -2.18. The third-order valence-electron chi connectivity index (χ3n) is 3.91. The molecule has 1 aromatic heterocycles. The molecule has 0 bridgehead atoms. The summed E-state index contributed by atoms with van der Waals surface area (Å²) in [5.74, 6) is -0.186. The summed E-state index contributed by atoms with van der Waals surface area (Å²) in [6.07, 6.45) is 0.165. The molecule has 0 N–H and O–H groups in total. The number of ether oxygens (including phenoxy) is 2. The Morgan fingerprint density at radius 1 is 1.24 bits per heavy atom. The number of halogens is 1. The Labute approximate surface area is 145 Å². The lowest BCUT2D eigenvalue weighted by Crippen LogP contribution is -2.31. The van der Waals surface area contributed by atoms with Crippen molar-refractivity contribution in [3.8, 4) is 11.6 Å². The summed E-state index contributed by atoms with van der Waals surface area (Å²) in [6.45, 7) is 2.23. The summed E-state index contributed by atoms with van der Waals surface area (Å²) < 4.78 is 51.1. The number of sulfonamides is 1. The number of hydrogen-bond donors (Lipinski definition) is 0. The van der Waals surface area contributed by atoms with Crippen LogP contribution in [0.2, 0.25) is 0 Å². The molecule has 3 rings (SSSR count). The van der Waals surface area contributed by atoms with Crippen LogP contribution in [0.3, 0.4) is 0 Å². The summed E-state index contributed by atoms with van der Waals surface area (Å²) in [4.78, 5) is -0.189. The molecule has 25 heavy (non-hydrogen) atoms. The quantitative estimate of drug-likeness (QED) is 0.801. The molecule has 1 fully saturated rings. The molecule has 1 saturated heterocycles. The molecule has 134 valence electrons. The van der Waals surface area contributed by atoms with Gasteiger partial charge in [-0.1, -0.05) is 0 Å². The van der Waals surface area contributed by atoms with E-state index in [-0.39, 0.29) is 29.8 Å². The molecule has 1 aromatic carbocycles. The molecule has 2 heterocycles. The number of aromatic nitrogens is 2. The third kappa shape index (κ3) is 3.72. The third-order valence-corrected chi connectivity index (χ3v) is 5.80. The van der Waals surface area contributed by atoms with E-state index in [0.29, 0.717) is 12.3 Å². The van der Waals surface area contributed by atoms with Gasteiger partial charge in [-0.25, -0.2) is 12.8 Å². The fourth-order valence-electron chi connectivity index (χ4n) is 2.62. The van der Waals surface area contributed by atoms with Crippen LogP contribution in [0.5, 0.6) is 11.6 Å². The Balaban J connectivity index is 1.76.